The molecule has 0 unspecified atom stereocenters. The SMILES string of the molecule is Cc1cc(Nc2cc(C#N)n[nH]2)nc(-c2ccc(C(=O)NCc3ccc(-c4cccnc4)nc3)nc2)n1. The highest BCUT2D eigenvalue weighted by atomic mass is 16.1. The lowest BCUT2D eigenvalue weighted by Crippen LogP contribution is -2.23. The molecule has 3 N–H and O–H groups in total. The zero-order valence-electron chi connectivity index (χ0n) is 19.7. The third-order valence-electron chi connectivity index (χ3n) is 5.30. The number of nitrogens with zero attached hydrogens (tertiary/aromatic N) is 7. The quantitative estimate of drug-likeness (QED) is 0.311. The lowest BCUT2D eigenvalue weighted by molar-refractivity contribution is 0.0946. The molecule has 0 fully saturated rings. The summed E-state index contributed by atoms with van der Waals surface area (Å²) in [5.41, 5.74) is 4.54. The Morgan fingerprint density at radius 3 is 2.65 bits per heavy atom. The summed E-state index contributed by atoms with van der Waals surface area (Å²) >= 11 is 0. The van der Waals surface area contributed by atoms with Gasteiger partial charge in [0.1, 0.15) is 23.4 Å². The highest BCUT2D eigenvalue weighted by Crippen LogP contribution is 2.20. The minimum absolute atomic E-state index is 0.268. The summed E-state index contributed by atoms with van der Waals surface area (Å²) in [6.45, 7) is 2.16. The Kier molecular flexibility index (Phi) is 6.54. The molecule has 37 heavy (non-hydrogen) atoms. The van der Waals surface area contributed by atoms with Crippen LogP contribution in [-0.4, -0.2) is 41.0 Å². The first kappa shape index (κ1) is 23.3. The molecule has 0 atom stereocenters. The highest BCUT2D eigenvalue weighted by molar-refractivity contribution is 5.92. The first-order valence-corrected chi connectivity index (χ1v) is 11.3. The molecule has 1 amide bonds. The van der Waals surface area contributed by atoms with E-state index in [9.17, 15) is 4.79 Å². The van der Waals surface area contributed by atoms with E-state index in [2.05, 4.69) is 45.8 Å². The van der Waals surface area contributed by atoms with Gasteiger partial charge in [-0.1, -0.05) is 6.07 Å². The third kappa shape index (κ3) is 5.60. The fourth-order valence-corrected chi connectivity index (χ4v) is 3.49. The predicted octanol–water partition coefficient (Wildman–Crippen LogP) is 3.57. The maximum absolute atomic E-state index is 12.6. The number of rotatable bonds is 7. The number of nitrogens with one attached hydrogen (secondary N) is 3. The minimum Gasteiger partial charge on any atom is -0.347 e. The molecule has 0 aromatic carbocycles. The van der Waals surface area contributed by atoms with Crippen molar-refractivity contribution < 1.29 is 4.79 Å². The molecule has 0 bridgehead atoms. The summed E-state index contributed by atoms with van der Waals surface area (Å²) in [5, 5.41) is 21.5. The van der Waals surface area contributed by atoms with Crippen molar-refractivity contribution in [3.63, 3.8) is 0 Å². The normalized spacial score (nSPS) is 10.5. The molecule has 11 heteroatoms. The zero-order valence-corrected chi connectivity index (χ0v) is 19.7. The van der Waals surface area contributed by atoms with E-state index in [0.29, 0.717) is 29.6 Å². The number of amides is 1. The van der Waals surface area contributed by atoms with Crippen LogP contribution in [0.5, 0.6) is 0 Å². The van der Waals surface area contributed by atoms with Crippen molar-refractivity contribution in [1.82, 2.24) is 40.4 Å². The number of nitriles is 1. The van der Waals surface area contributed by atoms with Gasteiger partial charge in [0.05, 0.1) is 5.69 Å². The Bertz CT molecular complexity index is 1570. The van der Waals surface area contributed by atoms with Crippen molar-refractivity contribution in [2.45, 2.75) is 13.5 Å². The zero-order chi connectivity index (χ0) is 25.6. The highest BCUT2D eigenvalue weighted by Gasteiger charge is 2.11. The van der Waals surface area contributed by atoms with Gasteiger partial charge in [0, 0.05) is 60.3 Å². The minimum atomic E-state index is -0.303. The van der Waals surface area contributed by atoms with Gasteiger partial charge < -0.3 is 10.6 Å². The Balaban J connectivity index is 1.23. The van der Waals surface area contributed by atoms with Crippen molar-refractivity contribution in [2.24, 2.45) is 0 Å². The number of anilines is 2. The standard InChI is InChI=1S/C26H20N10O/c1-16-9-23(33-24-10-20(11-27)35-36-24)34-25(32-16)19-5-7-22(30-15-19)26(37)31-13-17-4-6-21(29-12-17)18-3-2-8-28-14-18/h2-10,12,14-15H,13H2,1H3,(H,31,37)(H2,32,33,34,35,36). The van der Waals surface area contributed by atoms with Crippen molar-refractivity contribution in [1.29, 1.82) is 5.26 Å². The first-order chi connectivity index (χ1) is 18.1. The molecule has 0 aliphatic heterocycles. The molecular formula is C26H20N10O. The first-order valence-electron chi connectivity index (χ1n) is 11.3. The van der Waals surface area contributed by atoms with Crippen LogP contribution in [0.2, 0.25) is 0 Å². The smallest absolute Gasteiger partial charge is 0.270 e. The summed E-state index contributed by atoms with van der Waals surface area (Å²) in [5.74, 6) is 1.21. The number of hydrogen-bond acceptors (Lipinski definition) is 9. The molecule has 0 saturated heterocycles. The van der Waals surface area contributed by atoms with Crippen LogP contribution in [0.4, 0.5) is 11.6 Å². The van der Waals surface area contributed by atoms with Crippen LogP contribution in [-0.2, 0) is 6.54 Å². The third-order valence-corrected chi connectivity index (χ3v) is 5.30. The maximum atomic E-state index is 12.6. The molecule has 0 spiro atoms. The molecule has 5 heterocycles. The number of carbonyl (C=O) groups is 1. The van der Waals surface area contributed by atoms with Crippen LogP contribution < -0.4 is 10.6 Å². The van der Waals surface area contributed by atoms with Crippen LogP contribution in [0.1, 0.15) is 27.4 Å². The number of hydrogen-bond donors (Lipinski definition) is 3. The predicted molar refractivity (Wildman–Crippen MR) is 135 cm³/mol. The molecule has 0 aliphatic rings. The average molecular weight is 489 g/mol. The van der Waals surface area contributed by atoms with Crippen molar-refractivity contribution in [3.05, 3.63) is 96.0 Å². The topological polar surface area (TPSA) is 158 Å². The summed E-state index contributed by atoms with van der Waals surface area (Å²) in [4.78, 5) is 34.4. The summed E-state index contributed by atoms with van der Waals surface area (Å²) in [7, 11) is 0. The van der Waals surface area contributed by atoms with Crippen LogP contribution in [0.25, 0.3) is 22.6 Å². The van der Waals surface area contributed by atoms with Crippen molar-refractivity contribution in [2.75, 3.05) is 5.32 Å². The molecule has 5 aromatic heterocycles. The summed E-state index contributed by atoms with van der Waals surface area (Å²) in [6, 6.07) is 16.3. The number of carbonyl (C=O) groups excluding carboxylic acids is 1. The molecule has 5 aromatic rings. The van der Waals surface area contributed by atoms with Gasteiger partial charge in [0.2, 0.25) is 0 Å². The van der Waals surface area contributed by atoms with Crippen molar-refractivity contribution in [3.8, 4) is 28.7 Å². The number of aromatic amines is 1. The molecule has 0 saturated carbocycles. The van der Waals surface area contributed by atoms with E-state index >= 15 is 0 Å². The summed E-state index contributed by atoms with van der Waals surface area (Å²) in [6.07, 6.45) is 6.75. The van der Waals surface area contributed by atoms with Crippen LogP contribution >= 0.6 is 0 Å². The largest absolute Gasteiger partial charge is 0.347 e. The Hall–Kier alpha value is -5.50. The molecule has 5 rings (SSSR count). The number of aromatic nitrogens is 7. The molecule has 0 aliphatic carbocycles. The molecular weight excluding hydrogens is 468 g/mol. The second kappa shape index (κ2) is 10.4. The van der Waals surface area contributed by atoms with Crippen LogP contribution in [0.3, 0.4) is 0 Å². The van der Waals surface area contributed by atoms with Gasteiger partial charge in [-0.25, -0.2) is 9.97 Å². The van der Waals surface area contributed by atoms with Crippen molar-refractivity contribution >= 4 is 17.5 Å². The number of aryl methyl sites for hydroxylation is 1. The molecule has 11 nitrogen and oxygen atoms in total. The van der Waals surface area contributed by atoms with E-state index in [4.69, 9.17) is 5.26 Å². The Morgan fingerprint density at radius 1 is 1.03 bits per heavy atom. The Morgan fingerprint density at radius 2 is 1.95 bits per heavy atom. The second-order valence-electron chi connectivity index (χ2n) is 8.03. The van der Waals surface area contributed by atoms with Gasteiger partial charge in [-0.05, 0) is 42.8 Å². The molecule has 180 valence electrons. The maximum Gasteiger partial charge on any atom is 0.270 e. The summed E-state index contributed by atoms with van der Waals surface area (Å²) < 4.78 is 0. The fourth-order valence-electron chi connectivity index (χ4n) is 3.49. The van der Waals surface area contributed by atoms with E-state index in [1.807, 2.05) is 37.3 Å². The van der Waals surface area contributed by atoms with E-state index in [0.717, 1.165) is 22.5 Å². The fraction of sp³-hybridized carbons (Fsp3) is 0.0769. The van der Waals surface area contributed by atoms with Gasteiger partial charge >= 0.3 is 0 Å². The average Bonchev–Trinajstić information content (AvgIpc) is 3.40. The lowest BCUT2D eigenvalue weighted by atomic mass is 10.1. The van der Waals surface area contributed by atoms with Crippen LogP contribution in [0, 0.1) is 18.3 Å². The van der Waals surface area contributed by atoms with Gasteiger partial charge in [-0.3, -0.25) is 24.8 Å². The van der Waals surface area contributed by atoms with Gasteiger partial charge in [-0.15, -0.1) is 0 Å². The van der Waals surface area contributed by atoms with E-state index in [-0.39, 0.29) is 17.3 Å². The van der Waals surface area contributed by atoms with E-state index < -0.39 is 0 Å². The molecule has 0 radical (unpaired) electrons. The number of pyridine rings is 3. The Labute approximate surface area is 211 Å². The number of H-pyrrole nitrogens is 1. The van der Waals surface area contributed by atoms with Gasteiger partial charge in [-0.2, -0.15) is 10.4 Å². The van der Waals surface area contributed by atoms with E-state index in [1.54, 1.807) is 49.1 Å². The lowest BCUT2D eigenvalue weighted by Gasteiger charge is -2.08. The van der Waals surface area contributed by atoms with E-state index in [1.165, 1.54) is 0 Å². The monoisotopic (exact) mass is 488 g/mol. The van der Waals surface area contributed by atoms with Gasteiger partial charge in [0.15, 0.2) is 11.5 Å². The second-order valence-corrected chi connectivity index (χ2v) is 8.03. The van der Waals surface area contributed by atoms with Crippen LogP contribution in [0.15, 0.2) is 73.3 Å². The van der Waals surface area contributed by atoms with Gasteiger partial charge in [0.25, 0.3) is 5.91 Å².